The molecule has 0 aliphatic carbocycles. The van der Waals surface area contributed by atoms with E-state index in [-0.39, 0.29) is 4.90 Å². The van der Waals surface area contributed by atoms with Gasteiger partial charge in [-0.1, -0.05) is 29.8 Å². The molecule has 0 amide bonds. The summed E-state index contributed by atoms with van der Waals surface area (Å²) in [5, 5.41) is 1.58. The summed E-state index contributed by atoms with van der Waals surface area (Å²) in [4.78, 5) is -0.0741. The highest BCUT2D eigenvalue weighted by Crippen LogP contribution is 2.24. The number of benzene rings is 2. The van der Waals surface area contributed by atoms with Crippen LogP contribution in [-0.4, -0.2) is 26.8 Å². The number of sulfone groups is 1. The minimum atomic E-state index is -4.84. The molecule has 6 nitrogen and oxygen atoms in total. The zero-order valence-electron chi connectivity index (χ0n) is 11.3. The predicted octanol–water partition coefficient (Wildman–Crippen LogP) is 2.09. The lowest BCUT2D eigenvalue weighted by molar-refractivity contribution is 0.251. The first-order valence-corrected chi connectivity index (χ1v) is 8.91. The summed E-state index contributed by atoms with van der Waals surface area (Å²) in [5.74, 6) is 0. The van der Waals surface area contributed by atoms with Crippen molar-refractivity contribution in [2.45, 2.75) is 24.2 Å². The van der Waals surface area contributed by atoms with Gasteiger partial charge in [0.05, 0.1) is 4.90 Å². The van der Waals surface area contributed by atoms with Crippen molar-refractivity contribution in [2.75, 3.05) is 0 Å². The summed E-state index contributed by atoms with van der Waals surface area (Å²) < 4.78 is 58.4. The second-order valence-corrected chi connectivity index (χ2v) is 7.92. The van der Waals surface area contributed by atoms with Gasteiger partial charge in [0.25, 0.3) is 0 Å². The van der Waals surface area contributed by atoms with E-state index in [2.05, 4.69) is 4.18 Å². The Morgan fingerprint density at radius 2 is 1.57 bits per heavy atom. The molecule has 1 unspecified atom stereocenters. The lowest BCUT2D eigenvalue weighted by atomic mass is 10.1. The van der Waals surface area contributed by atoms with Gasteiger partial charge in [-0.15, -0.1) is 0 Å². The van der Waals surface area contributed by atoms with Crippen LogP contribution < -0.4 is 0 Å². The normalized spacial score (nSPS) is 14.2. The molecule has 0 aliphatic rings. The van der Waals surface area contributed by atoms with Gasteiger partial charge in [0, 0.05) is 0 Å². The highest BCUT2D eigenvalue weighted by atomic mass is 32.3. The first kappa shape index (κ1) is 15.9. The summed E-state index contributed by atoms with van der Waals surface area (Å²) in [6.07, 6.45) is 0. The van der Waals surface area contributed by atoms with Crippen LogP contribution in [0.2, 0.25) is 0 Å². The zero-order valence-corrected chi connectivity index (χ0v) is 13.0. The van der Waals surface area contributed by atoms with Gasteiger partial charge < -0.3 is 0 Å². The highest BCUT2D eigenvalue weighted by molar-refractivity contribution is 7.92. The van der Waals surface area contributed by atoms with E-state index in [1.54, 1.807) is 12.1 Å². The van der Waals surface area contributed by atoms with Gasteiger partial charge in [-0.3, -0.25) is 4.55 Å². The molecular weight excluding hydrogens is 316 g/mol. The fourth-order valence-electron chi connectivity index (χ4n) is 1.93. The van der Waals surface area contributed by atoms with Crippen LogP contribution >= 0.6 is 0 Å². The Morgan fingerprint density at radius 1 is 1.00 bits per heavy atom. The molecule has 2 aromatic rings. The maximum atomic E-state index is 12.2. The first-order chi connectivity index (χ1) is 9.59. The summed E-state index contributed by atoms with van der Waals surface area (Å²) in [5.41, 5.74) is -0.670. The van der Waals surface area contributed by atoms with Crippen molar-refractivity contribution in [1.82, 2.24) is 0 Å². The monoisotopic (exact) mass is 330 g/mol. The van der Waals surface area contributed by atoms with Crippen molar-refractivity contribution in [3.05, 3.63) is 42.0 Å². The average Bonchev–Trinajstić information content (AvgIpc) is 2.35. The summed E-state index contributed by atoms with van der Waals surface area (Å²) in [6.45, 7) is 2.97. The van der Waals surface area contributed by atoms with Crippen LogP contribution in [0.5, 0.6) is 0 Å². The fourth-order valence-corrected chi connectivity index (χ4v) is 3.92. The Morgan fingerprint density at radius 3 is 2.19 bits per heavy atom. The lowest BCUT2D eigenvalue weighted by Crippen LogP contribution is -2.24. The topological polar surface area (TPSA) is 97.7 Å². The van der Waals surface area contributed by atoms with E-state index in [1.807, 2.05) is 19.1 Å². The molecule has 0 radical (unpaired) electrons. The molecule has 114 valence electrons. The maximum Gasteiger partial charge on any atom is 0.398 e. The Kier molecular flexibility index (Phi) is 4.07. The molecular formula is C13H14O6S2. The van der Waals surface area contributed by atoms with Crippen LogP contribution in [0.25, 0.3) is 10.8 Å². The Balaban J connectivity index is 2.47. The van der Waals surface area contributed by atoms with Crippen molar-refractivity contribution >= 4 is 31.0 Å². The molecule has 0 aromatic heterocycles. The van der Waals surface area contributed by atoms with Crippen LogP contribution in [0.4, 0.5) is 0 Å². The molecule has 2 rings (SSSR count). The number of hydrogen-bond acceptors (Lipinski definition) is 5. The number of rotatable bonds is 4. The predicted molar refractivity (Wildman–Crippen MR) is 78.0 cm³/mol. The van der Waals surface area contributed by atoms with Gasteiger partial charge in [-0.05, 0) is 36.8 Å². The van der Waals surface area contributed by atoms with Crippen molar-refractivity contribution in [3.63, 3.8) is 0 Å². The Labute approximate surface area is 123 Å². The number of fused-ring (bicyclic) bond motifs is 1. The highest BCUT2D eigenvalue weighted by Gasteiger charge is 2.28. The van der Waals surface area contributed by atoms with Gasteiger partial charge in [-0.2, -0.15) is 8.42 Å². The smallest absolute Gasteiger partial charge is 0.263 e. The summed E-state index contributed by atoms with van der Waals surface area (Å²) in [6, 6.07) is 9.98. The molecule has 0 bridgehead atoms. The molecule has 1 N–H and O–H groups in total. The van der Waals surface area contributed by atoms with E-state index in [1.165, 1.54) is 12.1 Å². The SMILES string of the molecule is Cc1ccc2cc(S(=O)(=O)C(C)OS(=O)(=O)O)ccc2c1. The van der Waals surface area contributed by atoms with Gasteiger partial charge in [0.1, 0.15) is 0 Å². The van der Waals surface area contributed by atoms with Crippen LogP contribution in [0, 0.1) is 6.92 Å². The lowest BCUT2D eigenvalue weighted by Gasteiger charge is -2.12. The van der Waals surface area contributed by atoms with Crippen LogP contribution in [-0.2, 0) is 24.4 Å². The molecule has 8 heteroatoms. The molecule has 0 spiro atoms. The first-order valence-electron chi connectivity index (χ1n) is 5.99. The molecule has 1 atom stereocenters. The Bertz CT molecular complexity index is 884. The third-order valence-corrected chi connectivity index (χ3v) is 5.52. The van der Waals surface area contributed by atoms with Crippen molar-refractivity contribution < 1.29 is 25.6 Å². The van der Waals surface area contributed by atoms with Crippen LogP contribution in [0.3, 0.4) is 0 Å². The molecule has 0 aliphatic heterocycles. The molecule has 2 aromatic carbocycles. The van der Waals surface area contributed by atoms with E-state index < -0.39 is 25.7 Å². The molecule has 0 saturated carbocycles. The minimum absolute atomic E-state index is 0.0741. The van der Waals surface area contributed by atoms with Gasteiger partial charge >= 0.3 is 10.4 Å². The minimum Gasteiger partial charge on any atom is -0.263 e. The average molecular weight is 330 g/mol. The summed E-state index contributed by atoms with van der Waals surface area (Å²) >= 11 is 0. The van der Waals surface area contributed by atoms with E-state index in [0.29, 0.717) is 5.39 Å². The largest absolute Gasteiger partial charge is 0.398 e. The molecule has 21 heavy (non-hydrogen) atoms. The van der Waals surface area contributed by atoms with E-state index in [4.69, 9.17) is 4.55 Å². The second kappa shape index (κ2) is 5.38. The molecule has 0 heterocycles. The van der Waals surface area contributed by atoms with Crippen molar-refractivity contribution in [2.24, 2.45) is 0 Å². The third-order valence-electron chi connectivity index (χ3n) is 2.99. The standard InChI is InChI=1S/C13H14O6S2/c1-9-3-4-12-8-13(6-5-11(12)7-9)20(14,15)10(2)19-21(16,17)18/h3-8,10H,1-2H3,(H,16,17,18). The summed E-state index contributed by atoms with van der Waals surface area (Å²) in [7, 11) is -8.88. The third kappa shape index (κ3) is 3.59. The van der Waals surface area contributed by atoms with Crippen LogP contribution in [0.1, 0.15) is 12.5 Å². The zero-order chi connectivity index (χ0) is 15.8. The van der Waals surface area contributed by atoms with Crippen LogP contribution in [0.15, 0.2) is 41.3 Å². The van der Waals surface area contributed by atoms with E-state index in [9.17, 15) is 16.8 Å². The van der Waals surface area contributed by atoms with E-state index >= 15 is 0 Å². The number of hydrogen-bond donors (Lipinski definition) is 1. The maximum absolute atomic E-state index is 12.2. The van der Waals surface area contributed by atoms with Crippen molar-refractivity contribution in [3.8, 4) is 0 Å². The van der Waals surface area contributed by atoms with Crippen molar-refractivity contribution in [1.29, 1.82) is 0 Å². The van der Waals surface area contributed by atoms with Gasteiger partial charge in [-0.25, -0.2) is 12.6 Å². The molecule has 0 saturated heterocycles. The van der Waals surface area contributed by atoms with Gasteiger partial charge in [0.15, 0.2) is 5.44 Å². The van der Waals surface area contributed by atoms with Gasteiger partial charge in [0.2, 0.25) is 9.84 Å². The fraction of sp³-hybridized carbons (Fsp3) is 0.231. The molecule has 0 fully saturated rings. The Hall–Kier alpha value is -1.48. The number of aryl methyl sites for hydroxylation is 1. The van der Waals surface area contributed by atoms with E-state index in [0.717, 1.165) is 17.9 Å². The second-order valence-electron chi connectivity index (χ2n) is 4.65. The quantitative estimate of drug-likeness (QED) is 0.862.